The number of nitrogens with one attached hydrogen (secondary N) is 1. The molecule has 1 aliphatic rings. The first-order chi connectivity index (χ1) is 15.9. The number of hydrogen-bond acceptors (Lipinski definition) is 5. The van der Waals surface area contributed by atoms with E-state index in [1.807, 2.05) is 37.4 Å². The van der Waals surface area contributed by atoms with E-state index in [9.17, 15) is 12.8 Å². The van der Waals surface area contributed by atoms with E-state index in [-0.39, 0.29) is 17.3 Å². The highest BCUT2D eigenvalue weighted by Crippen LogP contribution is 2.26. The molecule has 174 valence electrons. The maximum absolute atomic E-state index is 14.6. The summed E-state index contributed by atoms with van der Waals surface area (Å²) in [5.74, 6) is 0.885. The monoisotopic (exact) mass is 469 g/mol. The first-order valence-corrected chi connectivity index (χ1v) is 12.4. The van der Waals surface area contributed by atoms with E-state index < -0.39 is 16.1 Å². The Kier molecular flexibility index (Phi) is 7.39. The predicted molar refractivity (Wildman–Crippen MR) is 126 cm³/mol. The number of rotatable bonds is 8. The van der Waals surface area contributed by atoms with E-state index in [1.54, 1.807) is 30.3 Å². The summed E-state index contributed by atoms with van der Waals surface area (Å²) >= 11 is 0. The third kappa shape index (κ3) is 5.97. The molecule has 1 heterocycles. The van der Waals surface area contributed by atoms with Crippen LogP contribution in [0.15, 0.2) is 83.8 Å². The standard InChI is InChI=1S/C25H28FN3O3S/c1-28-15-17-29(18-16-28)25(23-9-5-6-10-24(23)26)19-27-33(30,31)22-13-11-21(12-14-22)32-20-7-3-2-4-8-20/h2-14,25,27H,15-19H2,1H3. The Morgan fingerprint density at radius 2 is 1.48 bits per heavy atom. The average molecular weight is 470 g/mol. The molecule has 1 atom stereocenters. The maximum atomic E-state index is 14.6. The van der Waals surface area contributed by atoms with Gasteiger partial charge < -0.3 is 9.64 Å². The highest BCUT2D eigenvalue weighted by atomic mass is 32.2. The third-order valence-electron chi connectivity index (χ3n) is 5.82. The number of nitrogens with zero attached hydrogens (tertiary/aromatic N) is 2. The van der Waals surface area contributed by atoms with Crippen LogP contribution < -0.4 is 9.46 Å². The van der Waals surface area contributed by atoms with Crippen molar-refractivity contribution >= 4 is 10.0 Å². The highest BCUT2D eigenvalue weighted by molar-refractivity contribution is 7.89. The summed E-state index contributed by atoms with van der Waals surface area (Å²) in [6.07, 6.45) is 0. The minimum absolute atomic E-state index is 0.0786. The fourth-order valence-electron chi connectivity index (χ4n) is 3.90. The van der Waals surface area contributed by atoms with Crippen LogP contribution in [-0.4, -0.2) is 58.0 Å². The largest absolute Gasteiger partial charge is 0.457 e. The molecule has 3 aromatic carbocycles. The van der Waals surface area contributed by atoms with Gasteiger partial charge in [-0.2, -0.15) is 0 Å². The second-order valence-corrected chi connectivity index (χ2v) is 9.88. The van der Waals surface area contributed by atoms with Crippen LogP contribution in [0.2, 0.25) is 0 Å². The minimum atomic E-state index is -3.78. The van der Waals surface area contributed by atoms with Gasteiger partial charge in [0.2, 0.25) is 10.0 Å². The molecule has 8 heteroatoms. The molecule has 1 aliphatic heterocycles. The second-order valence-electron chi connectivity index (χ2n) is 8.11. The molecule has 0 bridgehead atoms. The van der Waals surface area contributed by atoms with Crippen molar-refractivity contribution in [1.29, 1.82) is 0 Å². The summed E-state index contributed by atoms with van der Waals surface area (Å²) in [7, 11) is -1.74. The molecule has 3 aromatic rings. The van der Waals surface area contributed by atoms with Crippen LogP contribution in [-0.2, 0) is 10.0 Å². The lowest BCUT2D eigenvalue weighted by Gasteiger charge is -2.38. The van der Waals surface area contributed by atoms with Crippen LogP contribution in [0.5, 0.6) is 11.5 Å². The van der Waals surface area contributed by atoms with E-state index in [4.69, 9.17) is 4.74 Å². The van der Waals surface area contributed by atoms with Crippen molar-refractivity contribution in [2.45, 2.75) is 10.9 Å². The van der Waals surface area contributed by atoms with Gasteiger partial charge in [0.25, 0.3) is 0 Å². The third-order valence-corrected chi connectivity index (χ3v) is 7.26. The van der Waals surface area contributed by atoms with Gasteiger partial charge in [0, 0.05) is 38.3 Å². The van der Waals surface area contributed by atoms with Crippen molar-refractivity contribution in [2.75, 3.05) is 39.8 Å². The van der Waals surface area contributed by atoms with Gasteiger partial charge in [-0.1, -0.05) is 36.4 Å². The fourth-order valence-corrected chi connectivity index (χ4v) is 4.94. The highest BCUT2D eigenvalue weighted by Gasteiger charge is 2.27. The van der Waals surface area contributed by atoms with Gasteiger partial charge in [0.05, 0.1) is 10.9 Å². The topological polar surface area (TPSA) is 61.9 Å². The zero-order valence-electron chi connectivity index (χ0n) is 18.5. The van der Waals surface area contributed by atoms with E-state index in [0.717, 1.165) is 26.2 Å². The quantitative estimate of drug-likeness (QED) is 0.543. The smallest absolute Gasteiger partial charge is 0.240 e. The zero-order chi connectivity index (χ0) is 23.3. The van der Waals surface area contributed by atoms with Crippen LogP contribution in [0.4, 0.5) is 4.39 Å². The number of ether oxygens (including phenoxy) is 1. The molecule has 0 amide bonds. The van der Waals surface area contributed by atoms with Gasteiger partial charge >= 0.3 is 0 Å². The average Bonchev–Trinajstić information content (AvgIpc) is 2.82. The molecule has 0 radical (unpaired) electrons. The molecule has 33 heavy (non-hydrogen) atoms. The van der Waals surface area contributed by atoms with E-state index >= 15 is 0 Å². The Morgan fingerprint density at radius 3 is 2.15 bits per heavy atom. The van der Waals surface area contributed by atoms with Gasteiger partial charge in [-0.05, 0) is 49.5 Å². The van der Waals surface area contributed by atoms with Crippen molar-refractivity contribution < 1.29 is 17.5 Å². The van der Waals surface area contributed by atoms with Crippen LogP contribution in [0.1, 0.15) is 11.6 Å². The van der Waals surface area contributed by atoms with Crippen molar-refractivity contribution in [3.05, 3.63) is 90.2 Å². The van der Waals surface area contributed by atoms with Gasteiger partial charge in [-0.25, -0.2) is 17.5 Å². The van der Waals surface area contributed by atoms with Crippen LogP contribution >= 0.6 is 0 Å². The van der Waals surface area contributed by atoms with Crippen molar-refractivity contribution in [3.63, 3.8) is 0 Å². The molecule has 0 aliphatic carbocycles. The Labute approximate surface area is 194 Å². The fraction of sp³-hybridized carbons (Fsp3) is 0.280. The van der Waals surface area contributed by atoms with Crippen LogP contribution in [0.3, 0.4) is 0 Å². The number of piperazine rings is 1. The SMILES string of the molecule is CN1CCN(C(CNS(=O)(=O)c2ccc(Oc3ccccc3)cc2)c2ccccc2F)CC1. The lowest BCUT2D eigenvalue weighted by atomic mass is 10.0. The van der Waals surface area contributed by atoms with Gasteiger partial charge in [0.15, 0.2) is 0 Å². The molecule has 1 fully saturated rings. The second kappa shape index (κ2) is 10.4. The number of benzene rings is 3. The summed E-state index contributed by atoms with van der Waals surface area (Å²) in [4.78, 5) is 4.48. The molecule has 1 N–H and O–H groups in total. The molecular weight excluding hydrogens is 441 g/mol. The Hall–Kier alpha value is -2.78. The molecule has 0 spiro atoms. The Bertz CT molecular complexity index is 1150. The van der Waals surface area contributed by atoms with E-state index in [0.29, 0.717) is 17.1 Å². The summed E-state index contributed by atoms with van der Waals surface area (Å²) in [6, 6.07) is 21.7. The minimum Gasteiger partial charge on any atom is -0.457 e. The lowest BCUT2D eigenvalue weighted by Crippen LogP contribution is -2.48. The molecule has 6 nitrogen and oxygen atoms in total. The number of sulfonamides is 1. The van der Waals surface area contributed by atoms with E-state index in [2.05, 4.69) is 14.5 Å². The van der Waals surface area contributed by atoms with Crippen LogP contribution in [0.25, 0.3) is 0 Å². The number of likely N-dealkylation sites (N-methyl/N-ethyl adjacent to an activating group) is 1. The molecular formula is C25H28FN3O3S. The molecule has 1 saturated heterocycles. The maximum Gasteiger partial charge on any atom is 0.240 e. The first-order valence-electron chi connectivity index (χ1n) is 10.9. The number of halogens is 1. The summed E-state index contributed by atoms with van der Waals surface area (Å²) in [5, 5.41) is 0. The van der Waals surface area contributed by atoms with Crippen molar-refractivity contribution in [1.82, 2.24) is 14.5 Å². The Balaban J connectivity index is 1.48. The van der Waals surface area contributed by atoms with Gasteiger partial charge in [0.1, 0.15) is 17.3 Å². The number of para-hydroxylation sites is 1. The van der Waals surface area contributed by atoms with Crippen molar-refractivity contribution in [2.24, 2.45) is 0 Å². The molecule has 0 aromatic heterocycles. The van der Waals surface area contributed by atoms with Crippen LogP contribution in [0, 0.1) is 5.82 Å². The summed E-state index contributed by atoms with van der Waals surface area (Å²) in [6.45, 7) is 3.25. The summed E-state index contributed by atoms with van der Waals surface area (Å²) < 4.78 is 49.0. The molecule has 1 unspecified atom stereocenters. The van der Waals surface area contributed by atoms with E-state index in [1.165, 1.54) is 18.2 Å². The first kappa shape index (κ1) is 23.4. The number of hydrogen-bond donors (Lipinski definition) is 1. The van der Waals surface area contributed by atoms with Gasteiger partial charge in [-0.3, -0.25) is 4.90 Å². The summed E-state index contributed by atoms with van der Waals surface area (Å²) in [5.41, 5.74) is 0.497. The predicted octanol–water partition coefficient (Wildman–Crippen LogP) is 3.89. The normalized spacial score (nSPS) is 16.4. The Morgan fingerprint density at radius 1 is 0.879 bits per heavy atom. The lowest BCUT2D eigenvalue weighted by molar-refractivity contribution is 0.111. The van der Waals surface area contributed by atoms with Gasteiger partial charge in [-0.15, -0.1) is 0 Å². The molecule has 4 rings (SSSR count). The molecule has 0 saturated carbocycles. The van der Waals surface area contributed by atoms with Crippen molar-refractivity contribution in [3.8, 4) is 11.5 Å². The zero-order valence-corrected chi connectivity index (χ0v) is 19.3.